The first-order valence-electron chi connectivity index (χ1n) is 7.61. The molecule has 22 heavy (non-hydrogen) atoms. The standard InChI is InChI=1S/C15H21N5O2/c1-17-14-12(7-6-8-16-14)20(15(22)18(17)2)11-13(21)19-9-4-3-5-10-19/h6-8H,3-5,9-11H2,1-2H3. The summed E-state index contributed by atoms with van der Waals surface area (Å²) in [5, 5.41) is 3.17. The van der Waals surface area contributed by atoms with Crippen molar-refractivity contribution in [1.29, 1.82) is 0 Å². The number of fused-ring (bicyclic) bond motifs is 1. The number of piperidine rings is 1. The number of likely N-dealkylation sites (tertiary alicyclic amines) is 1. The number of hydrazine groups is 1. The minimum absolute atomic E-state index is 0.000746. The minimum atomic E-state index is -0.214. The predicted molar refractivity (Wildman–Crippen MR) is 83.6 cm³/mol. The normalized spacial score (nSPS) is 18.5. The third kappa shape index (κ3) is 2.47. The van der Waals surface area contributed by atoms with Gasteiger partial charge >= 0.3 is 6.03 Å². The molecule has 3 heterocycles. The molecule has 2 aliphatic rings. The highest BCUT2D eigenvalue weighted by Gasteiger charge is 2.34. The van der Waals surface area contributed by atoms with Crippen LogP contribution in [0.3, 0.4) is 0 Å². The second kappa shape index (κ2) is 5.82. The van der Waals surface area contributed by atoms with E-state index in [0.717, 1.165) is 25.9 Å². The molecule has 0 aromatic carbocycles. The molecule has 118 valence electrons. The molecule has 0 bridgehead atoms. The van der Waals surface area contributed by atoms with Crippen LogP contribution in [0.25, 0.3) is 0 Å². The lowest BCUT2D eigenvalue weighted by Crippen LogP contribution is -2.56. The van der Waals surface area contributed by atoms with Crippen molar-refractivity contribution in [1.82, 2.24) is 14.9 Å². The highest BCUT2D eigenvalue weighted by atomic mass is 16.2. The third-order valence-electron chi connectivity index (χ3n) is 4.32. The van der Waals surface area contributed by atoms with Crippen LogP contribution < -0.4 is 9.91 Å². The van der Waals surface area contributed by atoms with Gasteiger partial charge in [0.15, 0.2) is 5.82 Å². The van der Waals surface area contributed by atoms with E-state index in [-0.39, 0.29) is 18.5 Å². The van der Waals surface area contributed by atoms with Gasteiger partial charge in [0.25, 0.3) is 0 Å². The molecule has 1 aromatic heterocycles. The minimum Gasteiger partial charge on any atom is -0.341 e. The summed E-state index contributed by atoms with van der Waals surface area (Å²) in [6, 6.07) is 3.39. The van der Waals surface area contributed by atoms with Crippen molar-refractivity contribution in [2.75, 3.05) is 43.6 Å². The maximum Gasteiger partial charge on any atom is 0.343 e. The molecule has 7 nitrogen and oxygen atoms in total. The number of amides is 3. The number of hydrogen-bond donors (Lipinski definition) is 0. The van der Waals surface area contributed by atoms with Crippen LogP contribution in [-0.2, 0) is 4.79 Å². The van der Waals surface area contributed by atoms with Crippen LogP contribution in [-0.4, -0.2) is 60.6 Å². The average Bonchev–Trinajstić information content (AvgIpc) is 2.57. The summed E-state index contributed by atoms with van der Waals surface area (Å²) in [6.45, 7) is 1.64. The Bertz CT molecular complexity index is 585. The summed E-state index contributed by atoms with van der Waals surface area (Å²) in [7, 11) is 3.46. The van der Waals surface area contributed by atoms with Crippen LogP contribution in [0.1, 0.15) is 19.3 Å². The van der Waals surface area contributed by atoms with Gasteiger partial charge in [-0.3, -0.25) is 14.7 Å². The topological polar surface area (TPSA) is 60.0 Å². The Morgan fingerprint density at radius 2 is 1.91 bits per heavy atom. The summed E-state index contributed by atoms with van der Waals surface area (Å²) in [4.78, 5) is 32.7. The molecule has 3 amide bonds. The number of carbonyl (C=O) groups is 2. The number of nitrogens with zero attached hydrogens (tertiary/aromatic N) is 5. The highest BCUT2D eigenvalue weighted by molar-refractivity contribution is 6.02. The monoisotopic (exact) mass is 303 g/mol. The zero-order chi connectivity index (χ0) is 15.7. The maximum atomic E-state index is 12.5. The second-order valence-corrected chi connectivity index (χ2v) is 5.70. The number of hydrogen-bond acceptors (Lipinski definition) is 4. The number of anilines is 2. The van der Waals surface area contributed by atoms with Crippen molar-refractivity contribution in [2.45, 2.75) is 19.3 Å². The predicted octanol–water partition coefficient (Wildman–Crippen LogP) is 1.32. The number of aromatic nitrogens is 1. The Balaban J connectivity index is 1.84. The van der Waals surface area contributed by atoms with Gasteiger partial charge in [0.2, 0.25) is 5.91 Å². The zero-order valence-corrected chi connectivity index (χ0v) is 13.0. The summed E-state index contributed by atoms with van der Waals surface area (Å²) < 4.78 is 0. The molecule has 0 aliphatic carbocycles. The molecule has 0 N–H and O–H groups in total. The van der Waals surface area contributed by atoms with Crippen LogP contribution in [0.4, 0.5) is 16.3 Å². The third-order valence-corrected chi connectivity index (χ3v) is 4.32. The number of carbonyl (C=O) groups excluding carboxylic acids is 2. The first-order valence-corrected chi connectivity index (χ1v) is 7.61. The molecular formula is C15H21N5O2. The lowest BCUT2D eigenvalue weighted by Gasteiger charge is -2.41. The summed E-state index contributed by atoms with van der Waals surface area (Å²) >= 11 is 0. The maximum absolute atomic E-state index is 12.5. The fraction of sp³-hybridized carbons (Fsp3) is 0.533. The molecule has 3 rings (SSSR count). The van der Waals surface area contributed by atoms with Gasteiger partial charge < -0.3 is 4.90 Å². The molecule has 0 atom stereocenters. The molecule has 1 aromatic rings. The van der Waals surface area contributed by atoms with Gasteiger partial charge in [-0.15, -0.1) is 0 Å². The first kappa shape index (κ1) is 14.6. The van der Waals surface area contributed by atoms with Crippen molar-refractivity contribution < 1.29 is 9.59 Å². The van der Waals surface area contributed by atoms with Gasteiger partial charge in [-0.25, -0.2) is 14.8 Å². The summed E-state index contributed by atoms with van der Waals surface area (Å²) in [5.74, 6) is 0.678. The van der Waals surface area contributed by atoms with E-state index in [1.807, 2.05) is 11.0 Å². The smallest absolute Gasteiger partial charge is 0.341 e. The molecule has 1 fully saturated rings. The zero-order valence-electron chi connectivity index (χ0n) is 13.0. The largest absolute Gasteiger partial charge is 0.343 e. The van der Waals surface area contributed by atoms with Gasteiger partial charge in [-0.2, -0.15) is 0 Å². The number of pyridine rings is 1. The Morgan fingerprint density at radius 3 is 2.64 bits per heavy atom. The van der Waals surface area contributed by atoms with E-state index in [2.05, 4.69) is 4.98 Å². The van der Waals surface area contributed by atoms with E-state index in [0.29, 0.717) is 11.5 Å². The second-order valence-electron chi connectivity index (χ2n) is 5.70. The van der Waals surface area contributed by atoms with Crippen LogP contribution >= 0.6 is 0 Å². The van der Waals surface area contributed by atoms with E-state index in [1.165, 1.54) is 16.3 Å². The lowest BCUT2D eigenvalue weighted by molar-refractivity contribution is -0.130. The molecular weight excluding hydrogens is 282 g/mol. The summed E-state index contributed by atoms with van der Waals surface area (Å²) in [6.07, 6.45) is 4.94. The quantitative estimate of drug-likeness (QED) is 0.827. The molecule has 0 unspecified atom stereocenters. The van der Waals surface area contributed by atoms with E-state index in [4.69, 9.17) is 0 Å². The van der Waals surface area contributed by atoms with E-state index in [9.17, 15) is 9.59 Å². The van der Waals surface area contributed by atoms with Gasteiger partial charge in [0.1, 0.15) is 6.54 Å². The van der Waals surface area contributed by atoms with Crippen molar-refractivity contribution in [2.24, 2.45) is 0 Å². The fourth-order valence-electron chi connectivity index (χ4n) is 2.93. The van der Waals surface area contributed by atoms with Gasteiger partial charge in [-0.05, 0) is 31.4 Å². The van der Waals surface area contributed by atoms with E-state index >= 15 is 0 Å². The Labute approximate surface area is 130 Å². The first-order chi connectivity index (χ1) is 10.6. The van der Waals surface area contributed by atoms with Crippen LogP contribution in [0.2, 0.25) is 0 Å². The Hall–Kier alpha value is -2.31. The molecule has 2 aliphatic heterocycles. The number of urea groups is 1. The molecule has 7 heteroatoms. The van der Waals surface area contributed by atoms with Crippen LogP contribution in [0, 0.1) is 0 Å². The van der Waals surface area contributed by atoms with Crippen molar-refractivity contribution in [3.63, 3.8) is 0 Å². The Morgan fingerprint density at radius 1 is 1.18 bits per heavy atom. The Kier molecular flexibility index (Phi) is 3.87. The lowest BCUT2D eigenvalue weighted by atomic mass is 10.1. The van der Waals surface area contributed by atoms with Crippen LogP contribution in [0.15, 0.2) is 18.3 Å². The fourth-order valence-corrected chi connectivity index (χ4v) is 2.93. The highest BCUT2D eigenvalue weighted by Crippen LogP contribution is 2.32. The molecule has 1 saturated heterocycles. The van der Waals surface area contributed by atoms with Gasteiger partial charge in [0, 0.05) is 33.4 Å². The molecule has 0 saturated carbocycles. The van der Waals surface area contributed by atoms with E-state index in [1.54, 1.807) is 31.4 Å². The molecule has 0 radical (unpaired) electrons. The summed E-state index contributed by atoms with van der Waals surface area (Å²) in [5.41, 5.74) is 0.679. The molecule has 0 spiro atoms. The van der Waals surface area contributed by atoms with Gasteiger partial charge in [0.05, 0.1) is 5.69 Å². The van der Waals surface area contributed by atoms with Crippen molar-refractivity contribution >= 4 is 23.4 Å². The average molecular weight is 303 g/mol. The van der Waals surface area contributed by atoms with Crippen molar-refractivity contribution in [3.8, 4) is 0 Å². The van der Waals surface area contributed by atoms with Gasteiger partial charge in [-0.1, -0.05) is 0 Å². The number of rotatable bonds is 2. The SMILES string of the molecule is CN1C(=O)N(CC(=O)N2CCCCC2)c2cccnc2N1C. The van der Waals surface area contributed by atoms with Crippen LogP contribution in [0.5, 0.6) is 0 Å². The van der Waals surface area contributed by atoms with Crippen molar-refractivity contribution in [3.05, 3.63) is 18.3 Å². The van der Waals surface area contributed by atoms with E-state index < -0.39 is 0 Å².